The molecular weight excluding hydrogens is 426 g/mol. The number of imide groups is 1. The number of carbonyl (C=O) groups excluding carboxylic acids is 4. The van der Waals surface area contributed by atoms with E-state index in [0.717, 1.165) is 0 Å². The monoisotopic (exact) mass is 463 g/mol. The van der Waals surface area contributed by atoms with Gasteiger partial charge in [0.2, 0.25) is 11.8 Å². The number of allylic oxidation sites excluding steroid dienone is 1. The van der Waals surface area contributed by atoms with Crippen LogP contribution in [0.15, 0.2) is 23.8 Å². The Morgan fingerprint density at radius 2 is 1.94 bits per heavy atom. The minimum absolute atomic E-state index is 0.0397. The molecule has 2 amide bonds. The van der Waals surface area contributed by atoms with Crippen molar-refractivity contribution in [3.8, 4) is 0 Å². The average molecular weight is 464 g/mol. The smallest absolute Gasteiger partial charge is 0.306 e. The van der Waals surface area contributed by atoms with Crippen molar-refractivity contribution in [2.75, 3.05) is 7.11 Å². The number of rotatable bonds is 7. The van der Waals surface area contributed by atoms with Crippen molar-refractivity contribution in [1.82, 2.24) is 5.32 Å². The van der Waals surface area contributed by atoms with E-state index in [1.165, 1.54) is 7.11 Å². The maximum Gasteiger partial charge on any atom is 0.306 e. The molecular formula is C25H37NO7. The highest BCUT2D eigenvalue weighted by atomic mass is 16.5. The van der Waals surface area contributed by atoms with Gasteiger partial charge in [-0.05, 0) is 37.7 Å². The number of cyclic esters (lactones) is 1. The van der Waals surface area contributed by atoms with Gasteiger partial charge in [-0.15, -0.1) is 0 Å². The maximum atomic E-state index is 12.9. The van der Waals surface area contributed by atoms with Gasteiger partial charge < -0.3 is 14.6 Å². The lowest BCUT2D eigenvalue weighted by Gasteiger charge is -2.28. The first-order valence-corrected chi connectivity index (χ1v) is 11.7. The van der Waals surface area contributed by atoms with Crippen LogP contribution < -0.4 is 5.32 Å². The van der Waals surface area contributed by atoms with Crippen LogP contribution in [0, 0.1) is 17.8 Å². The third-order valence-electron chi connectivity index (χ3n) is 6.45. The maximum absolute atomic E-state index is 12.9. The number of nitrogens with one attached hydrogen (secondary N) is 1. The van der Waals surface area contributed by atoms with Crippen LogP contribution in [0.4, 0.5) is 0 Å². The Bertz CT molecular complexity index is 772. The Labute approximate surface area is 195 Å². The van der Waals surface area contributed by atoms with Crippen molar-refractivity contribution in [2.45, 2.75) is 84.0 Å². The van der Waals surface area contributed by atoms with E-state index >= 15 is 0 Å². The summed E-state index contributed by atoms with van der Waals surface area (Å²) < 4.78 is 11.1. The van der Waals surface area contributed by atoms with Crippen LogP contribution in [0.5, 0.6) is 0 Å². The summed E-state index contributed by atoms with van der Waals surface area (Å²) in [5, 5.41) is 12.9. The average Bonchev–Trinajstić information content (AvgIpc) is 2.75. The predicted octanol–water partition coefficient (Wildman–Crippen LogP) is 2.63. The van der Waals surface area contributed by atoms with Gasteiger partial charge in [0.15, 0.2) is 0 Å². The van der Waals surface area contributed by atoms with Crippen molar-refractivity contribution in [1.29, 1.82) is 0 Å². The van der Waals surface area contributed by atoms with Crippen molar-refractivity contribution in [3.63, 3.8) is 0 Å². The minimum Gasteiger partial charge on any atom is -0.457 e. The number of hydrogen-bond acceptors (Lipinski definition) is 7. The van der Waals surface area contributed by atoms with Crippen LogP contribution >= 0.6 is 0 Å². The molecule has 0 aromatic rings. The van der Waals surface area contributed by atoms with Gasteiger partial charge in [-0.3, -0.25) is 24.5 Å². The fraction of sp³-hybridized carbons (Fsp3) is 0.680. The van der Waals surface area contributed by atoms with E-state index in [2.05, 4.69) is 5.32 Å². The van der Waals surface area contributed by atoms with Crippen LogP contribution in [0.2, 0.25) is 0 Å². The highest BCUT2D eigenvalue weighted by molar-refractivity contribution is 5.97. The number of ketones is 1. The molecule has 1 saturated heterocycles. The predicted molar refractivity (Wildman–Crippen MR) is 122 cm³/mol. The first-order valence-electron chi connectivity index (χ1n) is 11.7. The molecule has 0 bridgehead atoms. The van der Waals surface area contributed by atoms with Crippen molar-refractivity contribution in [2.24, 2.45) is 17.8 Å². The molecule has 1 fully saturated rings. The summed E-state index contributed by atoms with van der Waals surface area (Å²) in [4.78, 5) is 48.4. The van der Waals surface area contributed by atoms with Crippen LogP contribution in [-0.4, -0.2) is 54.1 Å². The molecule has 33 heavy (non-hydrogen) atoms. The molecule has 0 unspecified atom stereocenters. The molecule has 2 aliphatic heterocycles. The van der Waals surface area contributed by atoms with E-state index in [-0.39, 0.29) is 48.2 Å². The molecule has 0 spiro atoms. The number of carbonyl (C=O) groups is 4. The van der Waals surface area contributed by atoms with Crippen LogP contribution in [0.1, 0.15) is 65.7 Å². The molecule has 5 atom stereocenters. The molecule has 0 radical (unpaired) electrons. The fourth-order valence-corrected chi connectivity index (χ4v) is 4.48. The second-order valence-corrected chi connectivity index (χ2v) is 9.23. The van der Waals surface area contributed by atoms with Crippen LogP contribution in [0.25, 0.3) is 0 Å². The molecule has 8 nitrogen and oxygen atoms in total. The number of hydrogen-bond donors (Lipinski definition) is 2. The van der Waals surface area contributed by atoms with Gasteiger partial charge in [-0.25, -0.2) is 0 Å². The van der Waals surface area contributed by atoms with E-state index < -0.39 is 24.2 Å². The van der Waals surface area contributed by atoms with Gasteiger partial charge in [0.25, 0.3) is 0 Å². The molecule has 2 N–H and O–H groups in total. The molecule has 0 saturated carbocycles. The molecule has 2 rings (SSSR count). The lowest BCUT2D eigenvalue weighted by atomic mass is 9.86. The summed E-state index contributed by atoms with van der Waals surface area (Å²) in [5.41, 5.74) is 0.713. The second-order valence-electron chi connectivity index (χ2n) is 9.23. The van der Waals surface area contributed by atoms with Gasteiger partial charge in [-0.2, -0.15) is 0 Å². The van der Waals surface area contributed by atoms with Gasteiger partial charge in [-0.1, -0.05) is 32.1 Å². The summed E-state index contributed by atoms with van der Waals surface area (Å²) in [6.07, 6.45) is 6.07. The number of methoxy groups -OCH3 is 1. The van der Waals surface area contributed by atoms with E-state index in [1.807, 2.05) is 13.0 Å². The zero-order valence-electron chi connectivity index (χ0n) is 20.0. The Morgan fingerprint density at radius 1 is 1.27 bits per heavy atom. The number of amides is 2. The Hall–Kier alpha value is -2.32. The zero-order valence-corrected chi connectivity index (χ0v) is 20.0. The van der Waals surface area contributed by atoms with Crippen LogP contribution in [-0.2, 0) is 28.7 Å². The number of aliphatic hydroxyl groups excluding tert-OH is 1. The van der Waals surface area contributed by atoms with E-state index in [1.54, 1.807) is 26.0 Å². The largest absolute Gasteiger partial charge is 0.457 e. The first kappa shape index (κ1) is 26.9. The van der Waals surface area contributed by atoms with Gasteiger partial charge >= 0.3 is 5.97 Å². The summed E-state index contributed by atoms with van der Waals surface area (Å²) in [6.45, 7) is 5.41. The van der Waals surface area contributed by atoms with E-state index in [9.17, 15) is 24.3 Å². The highest BCUT2D eigenvalue weighted by Gasteiger charge is 2.31. The minimum atomic E-state index is -0.779. The van der Waals surface area contributed by atoms with Gasteiger partial charge in [0.05, 0.1) is 12.0 Å². The molecule has 0 aromatic carbocycles. The normalized spacial score (nSPS) is 28.8. The third kappa shape index (κ3) is 8.19. The molecule has 2 heterocycles. The third-order valence-corrected chi connectivity index (χ3v) is 6.45. The first-order chi connectivity index (χ1) is 15.6. The summed E-state index contributed by atoms with van der Waals surface area (Å²) in [5.74, 6) is -1.83. The quantitative estimate of drug-likeness (QED) is 0.338. The SMILES string of the molecule is CO[C@H]1C=CCCC(=O)O[C@@H]([C@@H](C)C(=O)CCCC2CC(=O)NC(=O)C2)C(C)=C[C@H](C)[C@H]1O. The molecule has 0 aromatic heterocycles. The number of ether oxygens (including phenoxy) is 2. The van der Waals surface area contributed by atoms with Crippen molar-refractivity contribution < 1.29 is 33.8 Å². The summed E-state index contributed by atoms with van der Waals surface area (Å²) in [7, 11) is 1.53. The van der Waals surface area contributed by atoms with E-state index in [4.69, 9.17) is 9.47 Å². The Kier molecular flexibility index (Phi) is 10.4. The summed E-state index contributed by atoms with van der Waals surface area (Å²) >= 11 is 0. The fourth-order valence-electron chi connectivity index (χ4n) is 4.48. The number of aliphatic hydroxyl groups is 1. The molecule has 2 aliphatic rings. The molecule has 8 heteroatoms. The highest BCUT2D eigenvalue weighted by Crippen LogP contribution is 2.26. The zero-order chi connectivity index (χ0) is 24.5. The molecule has 184 valence electrons. The Morgan fingerprint density at radius 3 is 2.58 bits per heavy atom. The van der Waals surface area contributed by atoms with Crippen molar-refractivity contribution in [3.05, 3.63) is 23.8 Å². The number of esters is 1. The summed E-state index contributed by atoms with van der Waals surface area (Å²) in [6, 6.07) is 0. The lowest BCUT2D eigenvalue weighted by Crippen LogP contribution is -2.38. The number of Topliss-reactive ketones (excluding diaryl/α,β-unsaturated/α-hetero) is 1. The van der Waals surface area contributed by atoms with Crippen molar-refractivity contribution >= 4 is 23.6 Å². The van der Waals surface area contributed by atoms with E-state index in [0.29, 0.717) is 37.7 Å². The van der Waals surface area contributed by atoms with Gasteiger partial charge in [0.1, 0.15) is 18.0 Å². The second kappa shape index (κ2) is 12.8. The topological polar surface area (TPSA) is 119 Å². The lowest BCUT2D eigenvalue weighted by molar-refractivity contribution is -0.151. The van der Waals surface area contributed by atoms with Crippen LogP contribution in [0.3, 0.4) is 0 Å². The Balaban J connectivity index is 2.06. The standard InChI is InChI=1S/C25H37NO7/c1-15-12-16(2)25(33-23(30)11-6-5-10-20(32-4)24(15)31)17(3)19(27)9-7-8-18-13-21(28)26-22(29)14-18/h5,10,12,15,17-18,20,24-25,31H,6-9,11,13-14H2,1-4H3,(H,26,28,29)/t15-,17-,20-,24+,25+/m0/s1. The van der Waals surface area contributed by atoms with Gasteiger partial charge in [0, 0.05) is 38.7 Å². The molecule has 0 aliphatic carbocycles. The number of piperidine rings is 1.